The maximum atomic E-state index is 8.56. The van der Waals surface area contributed by atoms with Gasteiger partial charge in [0.15, 0.2) is 5.84 Å². The molecule has 1 aliphatic rings. The van der Waals surface area contributed by atoms with E-state index in [1.165, 1.54) is 24.8 Å². The number of rotatable bonds is 4. The van der Waals surface area contributed by atoms with Crippen LogP contribution in [0, 0.1) is 0 Å². The molecule has 0 heterocycles. The van der Waals surface area contributed by atoms with E-state index < -0.39 is 0 Å². The van der Waals surface area contributed by atoms with E-state index in [9.17, 15) is 0 Å². The number of nitrogens with one attached hydrogen (secondary N) is 1. The molecule has 1 fully saturated rings. The molecule has 0 atom stereocenters. The van der Waals surface area contributed by atoms with Gasteiger partial charge in [0.2, 0.25) is 0 Å². The van der Waals surface area contributed by atoms with Crippen molar-refractivity contribution in [1.29, 1.82) is 0 Å². The molecule has 0 unspecified atom stereocenters. The molecule has 4 nitrogen and oxygen atoms in total. The molecule has 1 aliphatic carbocycles. The van der Waals surface area contributed by atoms with Crippen molar-refractivity contribution in [3.05, 3.63) is 35.4 Å². The summed E-state index contributed by atoms with van der Waals surface area (Å²) in [5.41, 5.74) is 7.78. The minimum atomic E-state index is 0.149. The summed E-state index contributed by atoms with van der Waals surface area (Å²) in [6, 6.07) is 7.75. The number of hydrogen-bond donors (Lipinski definition) is 3. The number of nitrogens with two attached hydrogens (primary N) is 1. The van der Waals surface area contributed by atoms with Gasteiger partial charge < -0.3 is 16.3 Å². The normalized spacial score (nSPS) is 18.8. The maximum absolute atomic E-state index is 8.56. The Morgan fingerprint density at radius 3 is 2.53 bits per heavy atom. The van der Waals surface area contributed by atoms with Crippen LogP contribution in [0.1, 0.15) is 37.3 Å². The molecule has 1 saturated carbocycles. The Bertz CT molecular complexity index is 407. The largest absolute Gasteiger partial charge is 0.409 e. The third-order valence-electron chi connectivity index (χ3n) is 3.53. The van der Waals surface area contributed by atoms with E-state index in [0.29, 0.717) is 5.54 Å². The average molecular weight is 233 g/mol. The smallest absolute Gasteiger partial charge is 0.170 e. The van der Waals surface area contributed by atoms with E-state index in [1.807, 2.05) is 24.3 Å². The fourth-order valence-electron chi connectivity index (χ4n) is 2.05. The Kier molecular flexibility index (Phi) is 3.33. The third-order valence-corrected chi connectivity index (χ3v) is 3.53. The SMILES string of the molecule is CC1(NCc2ccc(/C(N)=N/O)cc2)CCC1. The summed E-state index contributed by atoms with van der Waals surface area (Å²) in [5, 5.41) is 15.1. The maximum Gasteiger partial charge on any atom is 0.170 e. The van der Waals surface area contributed by atoms with Crippen LogP contribution in [0.15, 0.2) is 29.4 Å². The fourth-order valence-corrected chi connectivity index (χ4v) is 2.05. The van der Waals surface area contributed by atoms with Gasteiger partial charge in [-0.05, 0) is 31.7 Å². The van der Waals surface area contributed by atoms with Crippen molar-refractivity contribution < 1.29 is 5.21 Å². The Hall–Kier alpha value is -1.55. The van der Waals surface area contributed by atoms with Gasteiger partial charge in [0, 0.05) is 17.6 Å². The van der Waals surface area contributed by atoms with Crippen LogP contribution in [-0.2, 0) is 6.54 Å². The number of benzene rings is 1. The van der Waals surface area contributed by atoms with Crippen LogP contribution in [0.5, 0.6) is 0 Å². The lowest BCUT2D eigenvalue weighted by molar-refractivity contribution is 0.207. The monoisotopic (exact) mass is 233 g/mol. The number of amidine groups is 1. The zero-order valence-corrected chi connectivity index (χ0v) is 10.1. The zero-order chi connectivity index (χ0) is 12.3. The second-order valence-corrected chi connectivity index (χ2v) is 4.95. The highest BCUT2D eigenvalue weighted by Gasteiger charge is 2.30. The summed E-state index contributed by atoms with van der Waals surface area (Å²) in [6.07, 6.45) is 3.84. The van der Waals surface area contributed by atoms with Gasteiger partial charge in [0.25, 0.3) is 0 Å². The highest BCUT2D eigenvalue weighted by Crippen LogP contribution is 2.31. The standard InChI is InChI=1S/C13H19N3O/c1-13(7-2-8-13)15-9-10-3-5-11(6-4-10)12(14)16-17/h3-6,15,17H,2,7-9H2,1H3,(H2,14,16). The van der Waals surface area contributed by atoms with Crippen molar-refractivity contribution in [2.75, 3.05) is 0 Å². The molecule has 0 radical (unpaired) electrons. The molecular formula is C13H19N3O. The minimum Gasteiger partial charge on any atom is -0.409 e. The summed E-state index contributed by atoms with van der Waals surface area (Å²) in [4.78, 5) is 0. The Morgan fingerprint density at radius 1 is 1.41 bits per heavy atom. The molecule has 1 aromatic carbocycles. The van der Waals surface area contributed by atoms with Crippen molar-refractivity contribution >= 4 is 5.84 Å². The lowest BCUT2D eigenvalue weighted by Crippen LogP contribution is -2.47. The summed E-state index contributed by atoms with van der Waals surface area (Å²) in [7, 11) is 0. The molecule has 4 heteroatoms. The van der Waals surface area contributed by atoms with Gasteiger partial charge in [-0.3, -0.25) is 0 Å². The molecule has 1 aromatic rings. The van der Waals surface area contributed by atoms with Gasteiger partial charge in [-0.2, -0.15) is 0 Å². The van der Waals surface area contributed by atoms with E-state index >= 15 is 0 Å². The van der Waals surface area contributed by atoms with Crippen LogP contribution >= 0.6 is 0 Å². The first kappa shape index (κ1) is 11.9. The summed E-state index contributed by atoms with van der Waals surface area (Å²) in [5.74, 6) is 0.149. The molecular weight excluding hydrogens is 214 g/mol. The summed E-state index contributed by atoms with van der Waals surface area (Å²) in [6.45, 7) is 3.13. The zero-order valence-electron chi connectivity index (χ0n) is 10.1. The average Bonchev–Trinajstić information content (AvgIpc) is 2.33. The molecule has 92 valence electrons. The molecule has 17 heavy (non-hydrogen) atoms. The Balaban J connectivity index is 1.94. The molecule has 0 saturated heterocycles. The van der Waals surface area contributed by atoms with Gasteiger partial charge in [-0.15, -0.1) is 0 Å². The van der Waals surface area contributed by atoms with E-state index in [2.05, 4.69) is 17.4 Å². The van der Waals surface area contributed by atoms with Crippen molar-refractivity contribution in [2.45, 2.75) is 38.3 Å². The van der Waals surface area contributed by atoms with Crippen molar-refractivity contribution in [2.24, 2.45) is 10.9 Å². The molecule has 4 N–H and O–H groups in total. The van der Waals surface area contributed by atoms with E-state index in [-0.39, 0.29) is 5.84 Å². The molecule has 0 spiro atoms. The number of oxime groups is 1. The predicted molar refractivity (Wildman–Crippen MR) is 68.0 cm³/mol. The molecule has 0 aliphatic heterocycles. The first-order valence-electron chi connectivity index (χ1n) is 5.95. The highest BCUT2D eigenvalue weighted by atomic mass is 16.4. The lowest BCUT2D eigenvalue weighted by Gasteiger charge is -2.39. The van der Waals surface area contributed by atoms with Crippen molar-refractivity contribution in [1.82, 2.24) is 5.32 Å². The molecule has 0 aromatic heterocycles. The summed E-state index contributed by atoms with van der Waals surface area (Å²) >= 11 is 0. The quantitative estimate of drug-likeness (QED) is 0.321. The number of hydrogen-bond acceptors (Lipinski definition) is 3. The van der Waals surface area contributed by atoms with Gasteiger partial charge in [0.05, 0.1) is 0 Å². The minimum absolute atomic E-state index is 0.149. The van der Waals surface area contributed by atoms with Gasteiger partial charge in [0.1, 0.15) is 0 Å². The molecule has 0 amide bonds. The summed E-state index contributed by atoms with van der Waals surface area (Å²) < 4.78 is 0. The van der Waals surface area contributed by atoms with Gasteiger partial charge >= 0.3 is 0 Å². The van der Waals surface area contributed by atoms with Crippen LogP contribution in [0.3, 0.4) is 0 Å². The fraction of sp³-hybridized carbons (Fsp3) is 0.462. The van der Waals surface area contributed by atoms with E-state index in [0.717, 1.165) is 12.1 Å². The van der Waals surface area contributed by atoms with Crippen LogP contribution in [0.4, 0.5) is 0 Å². The molecule has 2 rings (SSSR count). The van der Waals surface area contributed by atoms with E-state index in [1.54, 1.807) is 0 Å². The van der Waals surface area contributed by atoms with Crippen LogP contribution in [0.25, 0.3) is 0 Å². The third kappa shape index (κ3) is 2.77. The second kappa shape index (κ2) is 4.75. The predicted octanol–water partition coefficient (Wildman–Crippen LogP) is 1.81. The van der Waals surface area contributed by atoms with Crippen LogP contribution in [0.2, 0.25) is 0 Å². The highest BCUT2D eigenvalue weighted by molar-refractivity contribution is 5.96. The van der Waals surface area contributed by atoms with Crippen LogP contribution < -0.4 is 11.1 Å². The van der Waals surface area contributed by atoms with Gasteiger partial charge in [-0.25, -0.2) is 0 Å². The lowest BCUT2D eigenvalue weighted by atomic mass is 9.78. The number of nitrogens with zero attached hydrogens (tertiary/aromatic N) is 1. The molecule has 0 bridgehead atoms. The van der Waals surface area contributed by atoms with Crippen LogP contribution in [-0.4, -0.2) is 16.6 Å². The Labute approximate surface area is 102 Å². The van der Waals surface area contributed by atoms with Crippen molar-refractivity contribution in [3.63, 3.8) is 0 Å². The Morgan fingerprint density at radius 2 is 2.06 bits per heavy atom. The van der Waals surface area contributed by atoms with E-state index in [4.69, 9.17) is 10.9 Å². The first-order chi connectivity index (χ1) is 8.13. The van der Waals surface area contributed by atoms with Gasteiger partial charge in [-0.1, -0.05) is 29.4 Å². The van der Waals surface area contributed by atoms with Crippen molar-refractivity contribution in [3.8, 4) is 0 Å². The first-order valence-corrected chi connectivity index (χ1v) is 5.95. The topological polar surface area (TPSA) is 70.6 Å². The second-order valence-electron chi connectivity index (χ2n) is 4.95.